The molecule has 0 spiro atoms. The standard InChI is InChI=1S/C18H25N3O2/c1-13-5-7-15(8-6-13)17-20-19-16(23-17)14(2)21-10-4-9-18(3,11-21)12-22/h5-8,14,22H,4,9-12H2,1-3H3. The summed E-state index contributed by atoms with van der Waals surface area (Å²) < 4.78 is 5.90. The molecule has 2 unspecified atom stereocenters. The molecule has 1 N–H and O–H groups in total. The van der Waals surface area contributed by atoms with Crippen LogP contribution in [0.5, 0.6) is 0 Å². The lowest BCUT2D eigenvalue weighted by molar-refractivity contribution is 0.0225. The van der Waals surface area contributed by atoms with Crippen LogP contribution < -0.4 is 0 Å². The number of piperidine rings is 1. The van der Waals surface area contributed by atoms with E-state index >= 15 is 0 Å². The highest BCUT2D eigenvalue weighted by Crippen LogP contribution is 2.33. The fourth-order valence-corrected chi connectivity index (χ4v) is 3.19. The zero-order chi connectivity index (χ0) is 16.4. The molecule has 2 aromatic rings. The van der Waals surface area contributed by atoms with Crippen LogP contribution in [0.3, 0.4) is 0 Å². The SMILES string of the molecule is Cc1ccc(-c2nnc(C(C)N3CCCC(C)(CO)C3)o2)cc1. The van der Waals surface area contributed by atoms with E-state index in [0.29, 0.717) is 11.8 Å². The first-order chi connectivity index (χ1) is 11.0. The largest absolute Gasteiger partial charge is 0.419 e. The molecular weight excluding hydrogens is 290 g/mol. The van der Waals surface area contributed by atoms with Crippen molar-refractivity contribution in [1.82, 2.24) is 15.1 Å². The van der Waals surface area contributed by atoms with E-state index in [1.54, 1.807) is 0 Å². The molecule has 0 amide bonds. The Morgan fingerprint density at radius 3 is 2.74 bits per heavy atom. The fraction of sp³-hybridized carbons (Fsp3) is 0.556. The van der Waals surface area contributed by atoms with E-state index in [0.717, 1.165) is 31.5 Å². The normalized spacial score (nSPS) is 23.8. The first-order valence-electron chi connectivity index (χ1n) is 8.26. The third kappa shape index (κ3) is 3.46. The predicted octanol–water partition coefficient (Wildman–Crippen LogP) is 3.20. The van der Waals surface area contributed by atoms with Crippen LogP contribution in [0, 0.1) is 12.3 Å². The number of nitrogens with zero attached hydrogens (tertiary/aromatic N) is 3. The van der Waals surface area contributed by atoms with Crippen molar-refractivity contribution in [2.45, 2.75) is 39.7 Å². The second-order valence-electron chi connectivity index (χ2n) is 7.03. The van der Waals surface area contributed by atoms with Crippen LogP contribution >= 0.6 is 0 Å². The smallest absolute Gasteiger partial charge is 0.247 e. The second kappa shape index (κ2) is 6.42. The van der Waals surface area contributed by atoms with E-state index in [1.807, 2.05) is 24.3 Å². The van der Waals surface area contributed by atoms with Crippen molar-refractivity contribution < 1.29 is 9.52 Å². The predicted molar refractivity (Wildman–Crippen MR) is 88.9 cm³/mol. The number of likely N-dealkylation sites (tertiary alicyclic amines) is 1. The van der Waals surface area contributed by atoms with Crippen molar-refractivity contribution in [1.29, 1.82) is 0 Å². The van der Waals surface area contributed by atoms with E-state index in [9.17, 15) is 5.11 Å². The minimum atomic E-state index is -0.0354. The maximum absolute atomic E-state index is 9.62. The minimum Gasteiger partial charge on any atom is -0.419 e. The number of hydrogen-bond acceptors (Lipinski definition) is 5. The van der Waals surface area contributed by atoms with Gasteiger partial charge in [0.1, 0.15) is 0 Å². The van der Waals surface area contributed by atoms with Gasteiger partial charge < -0.3 is 9.52 Å². The summed E-state index contributed by atoms with van der Waals surface area (Å²) in [5.41, 5.74) is 2.12. The van der Waals surface area contributed by atoms with Crippen LogP contribution in [-0.2, 0) is 0 Å². The van der Waals surface area contributed by atoms with Gasteiger partial charge >= 0.3 is 0 Å². The lowest BCUT2D eigenvalue weighted by Crippen LogP contribution is -2.44. The topological polar surface area (TPSA) is 62.4 Å². The quantitative estimate of drug-likeness (QED) is 0.938. The number of benzene rings is 1. The van der Waals surface area contributed by atoms with Crippen molar-refractivity contribution in [2.24, 2.45) is 5.41 Å². The van der Waals surface area contributed by atoms with Crippen molar-refractivity contribution in [2.75, 3.05) is 19.7 Å². The second-order valence-corrected chi connectivity index (χ2v) is 7.03. The van der Waals surface area contributed by atoms with E-state index in [2.05, 4.69) is 35.9 Å². The summed E-state index contributed by atoms with van der Waals surface area (Å²) in [6, 6.07) is 8.15. The molecule has 1 aromatic heterocycles. The fourth-order valence-electron chi connectivity index (χ4n) is 3.19. The lowest BCUT2D eigenvalue weighted by Gasteiger charge is -2.41. The molecule has 1 aliphatic rings. The van der Waals surface area contributed by atoms with Gasteiger partial charge in [0.25, 0.3) is 0 Å². The molecule has 1 aromatic carbocycles. The first-order valence-corrected chi connectivity index (χ1v) is 8.26. The van der Waals surface area contributed by atoms with Crippen molar-refractivity contribution >= 4 is 0 Å². The molecule has 5 nitrogen and oxygen atoms in total. The molecule has 0 radical (unpaired) electrons. The molecule has 124 valence electrons. The molecule has 0 bridgehead atoms. The van der Waals surface area contributed by atoms with Crippen molar-refractivity contribution in [3.63, 3.8) is 0 Å². The van der Waals surface area contributed by atoms with E-state index < -0.39 is 0 Å². The monoisotopic (exact) mass is 315 g/mol. The average Bonchev–Trinajstić information content (AvgIpc) is 3.05. The molecule has 2 atom stereocenters. The Morgan fingerprint density at radius 1 is 1.30 bits per heavy atom. The van der Waals surface area contributed by atoms with Crippen LogP contribution in [-0.4, -0.2) is 39.9 Å². The molecule has 0 aliphatic carbocycles. The van der Waals surface area contributed by atoms with Gasteiger partial charge in [0.2, 0.25) is 11.8 Å². The molecule has 5 heteroatoms. The van der Waals surface area contributed by atoms with Crippen LogP contribution in [0.2, 0.25) is 0 Å². The zero-order valence-corrected chi connectivity index (χ0v) is 14.1. The number of aliphatic hydroxyl groups is 1. The van der Waals surface area contributed by atoms with Crippen molar-refractivity contribution in [3.8, 4) is 11.5 Å². The van der Waals surface area contributed by atoms with Crippen LogP contribution in [0.4, 0.5) is 0 Å². The maximum atomic E-state index is 9.62. The number of aryl methyl sites for hydroxylation is 1. The Kier molecular flexibility index (Phi) is 4.50. The summed E-state index contributed by atoms with van der Waals surface area (Å²) in [6.45, 7) is 8.35. The molecule has 23 heavy (non-hydrogen) atoms. The van der Waals surface area contributed by atoms with Gasteiger partial charge in [0, 0.05) is 24.1 Å². The van der Waals surface area contributed by atoms with Crippen LogP contribution in [0.15, 0.2) is 28.7 Å². The van der Waals surface area contributed by atoms with E-state index in [4.69, 9.17) is 4.42 Å². The number of aromatic nitrogens is 2. The molecule has 1 fully saturated rings. The lowest BCUT2D eigenvalue weighted by atomic mass is 9.82. The average molecular weight is 315 g/mol. The highest BCUT2D eigenvalue weighted by atomic mass is 16.4. The molecule has 1 saturated heterocycles. The third-order valence-electron chi connectivity index (χ3n) is 4.84. The van der Waals surface area contributed by atoms with E-state index in [1.165, 1.54) is 5.56 Å². The summed E-state index contributed by atoms with van der Waals surface area (Å²) in [5, 5.41) is 18.1. The Balaban J connectivity index is 1.75. The van der Waals surface area contributed by atoms with Gasteiger partial charge in [-0.05, 0) is 45.4 Å². The van der Waals surface area contributed by atoms with Gasteiger partial charge in [-0.2, -0.15) is 0 Å². The molecule has 1 aliphatic heterocycles. The molecular formula is C18H25N3O2. The van der Waals surface area contributed by atoms with Gasteiger partial charge in [0.05, 0.1) is 6.04 Å². The van der Waals surface area contributed by atoms with Crippen molar-refractivity contribution in [3.05, 3.63) is 35.7 Å². The maximum Gasteiger partial charge on any atom is 0.247 e. The molecule has 2 heterocycles. The zero-order valence-electron chi connectivity index (χ0n) is 14.1. The van der Waals surface area contributed by atoms with Crippen LogP contribution in [0.25, 0.3) is 11.5 Å². The van der Waals surface area contributed by atoms with Crippen LogP contribution in [0.1, 0.15) is 44.2 Å². The number of aliphatic hydroxyl groups excluding tert-OH is 1. The summed E-state index contributed by atoms with van der Waals surface area (Å²) >= 11 is 0. The number of rotatable bonds is 4. The number of hydrogen-bond donors (Lipinski definition) is 1. The summed E-state index contributed by atoms with van der Waals surface area (Å²) in [7, 11) is 0. The summed E-state index contributed by atoms with van der Waals surface area (Å²) in [5.74, 6) is 1.21. The minimum absolute atomic E-state index is 0.0354. The van der Waals surface area contributed by atoms with E-state index in [-0.39, 0.29) is 18.1 Å². The first kappa shape index (κ1) is 16.1. The molecule has 3 rings (SSSR count). The van der Waals surface area contributed by atoms with Gasteiger partial charge in [-0.15, -0.1) is 10.2 Å². The highest BCUT2D eigenvalue weighted by molar-refractivity contribution is 5.52. The Bertz CT molecular complexity index is 653. The molecule has 0 saturated carbocycles. The van der Waals surface area contributed by atoms with Gasteiger partial charge in [0.15, 0.2) is 0 Å². The summed E-state index contributed by atoms with van der Waals surface area (Å²) in [4.78, 5) is 2.33. The van der Waals surface area contributed by atoms with Gasteiger partial charge in [-0.1, -0.05) is 24.6 Å². The van der Waals surface area contributed by atoms with Gasteiger partial charge in [-0.3, -0.25) is 4.90 Å². The highest BCUT2D eigenvalue weighted by Gasteiger charge is 2.34. The Hall–Kier alpha value is -1.72. The third-order valence-corrected chi connectivity index (χ3v) is 4.84. The van der Waals surface area contributed by atoms with Gasteiger partial charge in [-0.25, -0.2) is 0 Å². The summed E-state index contributed by atoms with van der Waals surface area (Å²) in [6.07, 6.45) is 2.14. The Morgan fingerprint density at radius 2 is 2.04 bits per heavy atom. The Labute approximate surface area is 137 Å².